The van der Waals surface area contributed by atoms with Crippen LogP contribution in [0.5, 0.6) is 0 Å². The van der Waals surface area contributed by atoms with E-state index in [2.05, 4.69) is 59.2 Å². The number of allylic oxidation sites excluding steroid dienone is 2. The van der Waals surface area contributed by atoms with Crippen molar-refractivity contribution in [1.29, 1.82) is 0 Å². The van der Waals surface area contributed by atoms with Crippen molar-refractivity contribution < 1.29 is 43.6 Å². The molecule has 1 atom stereocenters. The summed E-state index contributed by atoms with van der Waals surface area (Å²) in [4.78, 5) is 21.3. The Kier molecular flexibility index (Phi) is 17.9. The molecule has 11 nitrogen and oxygen atoms in total. The summed E-state index contributed by atoms with van der Waals surface area (Å²) in [6, 6.07) is 18.0. The molecule has 3 aromatic rings. The van der Waals surface area contributed by atoms with Gasteiger partial charge >= 0.3 is 5.51 Å². The summed E-state index contributed by atoms with van der Waals surface area (Å²) in [6.45, 7) is 20.3. The average Bonchev–Trinajstić information content (AvgIpc) is 3.29. The van der Waals surface area contributed by atoms with Crippen LogP contribution in [0.4, 0.5) is 33.3 Å². The molecule has 0 saturated carbocycles. The Hall–Kier alpha value is -4.01. The van der Waals surface area contributed by atoms with Gasteiger partial charge in [-0.05, 0) is 112 Å². The summed E-state index contributed by atoms with van der Waals surface area (Å²) in [5, 5.41) is 3.02. The fourth-order valence-corrected chi connectivity index (χ4v) is 11.9. The van der Waals surface area contributed by atoms with Crippen LogP contribution in [-0.2, 0) is 19.9 Å². The summed E-state index contributed by atoms with van der Waals surface area (Å²) in [6.07, 6.45) is 0.853. The number of rotatable bonds is 20. The van der Waals surface area contributed by atoms with E-state index in [1.54, 1.807) is 12.1 Å². The highest BCUT2D eigenvalue weighted by Gasteiger charge is 2.48. The number of amides is 1. The first-order valence-corrected chi connectivity index (χ1v) is 27.1. The zero-order valence-corrected chi connectivity index (χ0v) is 41.8. The molecule has 2 heterocycles. The minimum Gasteiger partial charge on any atom is -0.380 e. The number of hydrogen-bond donors (Lipinski definition) is 2. The van der Waals surface area contributed by atoms with Crippen LogP contribution in [-0.4, -0.2) is 133 Å². The van der Waals surface area contributed by atoms with Crippen molar-refractivity contribution in [3.8, 4) is 0 Å². The fraction of sp³-hybridized carbons (Fsp3) is 0.531. The monoisotopic (exact) mass is 1010 g/mol. The number of nitrogens with one attached hydrogen (secondary N) is 2. The smallest absolute Gasteiger partial charge is 0.380 e. The van der Waals surface area contributed by atoms with E-state index in [9.17, 15) is 43.6 Å². The fourth-order valence-electron chi connectivity index (χ4n) is 8.92. The van der Waals surface area contributed by atoms with Crippen molar-refractivity contribution in [2.24, 2.45) is 5.41 Å². The first kappa shape index (κ1) is 53.3. The first-order chi connectivity index (χ1) is 32.0. The predicted octanol–water partition coefficient (Wildman–Crippen LogP) is 9.32. The van der Waals surface area contributed by atoms with E-state index in [0.717, 1.165) is 98.9 Å². The van der Waals surface area contributed by atoms with E-state index < -0.39 is 59.2 Å². The number of thioether (sulfide) groups is 1. The molecule has 2 saturated heterocycles. The van der Waals surface area contributed by atoms with Crippen molar-refractivity contribution in [2.75, 3.05) is 81.4 Å². The second kappa shape index (κ2) is 22.8. The van der Waals surface area contributed by atoms with Crippen LogP contribution in [0.3, 0.4) is 0 Å². The molecule has 3 aromatic carbocycles. The molecule has 3 aliphatic rings. The highest BCUT2D eigenvalue weighted by molar-refractivity contribution is 7.99. The van der Waals surface area contributed by atoms with Gasteiger partial charge in [0.05, 0.1) is 10.6 Å². The van der Waals surface area contributed by atoms with Gasteiger partial charge in [0.1, 0.15) is 4.90 Å². The number of alkyl halides is 5. The molecule has 0 radical (unpaired) electrons. The molecule has 0 bridgehead atoms. The highest BCUT2D eigenvalue weighted by atomic mass is 32.2. The number of halogens is 5. The lowest BCUT2D eigenvalue weighted by atomic mass is 9.72. The number of carbonyl (C=O) groups is 1. The van der Waals surface area contributed by atoms with Gasteiger partial charge < -0.3 is 15.1 Å². The van der Waals surface area contributed by atoms with Crippen LogP contribution in [0.15, 0.2) is 111 Å². The van der Waals surface area contributed by atoms with Gasteiger partial charge in [0.25, 0.3) is 25.8 Å². The second-order valence-electron chi connectivity index (χ2n) is 19.0. The van der Waals surface area contributed by atoms with Gasteiger partial charge in [-0.3, -0.25) is 14.6 Å². The minimum absolute atomic E-state index is 0.0338. The van der Waals surface area contributed by atoms with E-state index in [1.807, 2.05) is 35.1 Å². The Balaban J connectivity index is 1.12. The third-order valence-electron chi connectivity index (χ3n) is 13.1. The zero-order chi connectivity index (χ0) is 49.4. The maximum absolute atomic E-state index is 14.3. The third kappa shape index (κ3) is 14.3. The first-order valence-electron chi connectivity index (χ1n) is 23.2. The van der Waals surface area contributed by atoms with Crippen molar-refractivity contribution >= 4 is 48.9 Å². The third-order valence-corrected chi connectivity index (χ3v) is 17.2. The van der Waals surface area contributed by atoms with E-state index >= 15 is 0 Å². The molecule has 68 heavy (non-hydrogen) atoms. The molecule has 374 valence electrons. The van der Waals surface area contributed by atoms with Gasteiger partial charge in [-0.2, -0.15) is 13.2 Å². The Morgan fingerprint density at radius 1 is 0.853 bits per heavy atom. The molecule has 2 N–H and O–H groups in total. The van der Waals surface area contributed by atoms with Crippen LogP contribution in [0, 0.1) is 5.41 Å². The zero-order valence-electron chi connectivity index (χ0n) is 39.3. The Morgan fingerprint density at radius 3 is 2.12 bits per heavy atom. The topological polar surface area (TPSA) is 122 Å². The van der Waals surface area contributed by atoms with Gasteiger partial charge in [0.15, 0.2) is 0 Å². The van der Waals surface area contributed by atoms with Gasteiger partial charge in [0.2, 0.25) is 6.43 Å². The molecule has 1 amide bonds. The SMILES string of the molecule is C=C(CCC(F)F)C1=C(CN2CCN(c3ccc(C(=O)NS(=O)(=O)c4ccc(N[C@H](CCN5CCN(C(C)C)CC5)CSc5ccccc5)c(S(=O)(=O)C(F)(F)F)c4)cc3)CC2)CCC(C)(C)C1. The van der Waals surface area contributed by atoms with Crippen LogP contribution in [0.1, 0.15) is 76.6 Å². The quantitative estimate of drug-likeness (QED) is 0.0833. The maximum Gasteiger partial charge on any atom is 0.501 e. The van der Waals surface area contributed by atoms with E-state index in [4.69, 9.17) is 0 Å². The summed E-state index contributed by atoms with van der Waals surface area (Å²) in [5.41, 5.74) is -2.15. The summed E-state index contributed by atoms with van der Waals surface area (Å²) < 4.78 is 124. The van der Waals surface area contributed by atoms with Crippen LogP contribution >= 0.6 is 11.8 Å². The van der Waals surface area contributed by atoms with Crippen LogP contribution in [0.2, 0.25) is 0 Å². The van der Waals surface area contributed by atoms with Crippen molar-refractivity contribution in [3.05, 3.63) is 102 Å². The molecular weight excluding hydrogens is 944 g/mol. The molecule has 1 aliphatic carbocycles. The van der Waals surface area contributed by atoms with Crippen molar-refractivity contribution in [2.45, 2.75) is 105 Å². The lowest BCUT2D eigenvalue weighted by Crippen LogP contribution is -2.49. The number of carbonyl (C=O) groups excluding carboxylic acids is 1. The van der Waals surface area contributed by atoms with Crippen molar-refractivity contribution in [3.63, 3.8) is 0 Å². The average molecular weight is 1010 g/mol. The summed E-state index contributed by atoms with van der Waals surface area (Å²) in [7, 11) is -10.9. The summed E-state index contributed by atoms with van der Waals surface area (Å²) >= 11 is 1.46. The van der Waals surface area contributed by atoms with E-state index in [-0.39, 0.29) is 23.8 Å². The van der Waals surface area contributed by atoms with Gasteiger partial charge in [-0.15, -0.1) is 11.8 Å². The Labute approximate surface area is 403 Å². The highest BCUT2D eigenvalue weighted by Crippen LogP contribution is 2.43. The van der Waals surface area contributed by atoms with Crippen LogP contribution < -0.4 is 14.9 Å². The normalized spacial score (nSPS) is 18.5. The number of benzene rings is 3. The Bertz CT molecular complexity index is 2460. The summed E-state index contributed by atoms with van der Waals surface area (Å²) in [5.74, 6) is -0.679. The number of hydrogen-bond acceptors (Lipinski definition) is 11. The van der Waals surface area contributed by atoms with Crippen molar-refractivity contribution in [1.82, 2.24) is 19.4 Å². The lowest BCUT2D eigenvalue weighted by molar-refractivity contribution is -0.0436. The second-order valence-corrected chi connectivity index (χ2v) is 23.7. The number of sulfonamides is 1. The standard InChI is InChI=1S/C49H65F5N6O5S3/c1-35(2)59-27-23-57(24-28-59)22-20-39(34-66-41-9-7-6-8-10-41)55-44-17-16-42(31-45(44)67(62,63)49(52,53)54)68(64,65)56-47(61)37-12-14-40(15-13-37)60-29-25-58(26-30-60)33-38-19-21-48(4,5)32-43(38)36(3)11-18-46(50)51/h6-10,12-17,31,35,39,46,55H,3,11,18-30,32-34H2,1-2,4-5H3,(H,56,61)/t39-/m1/s1. The van der Waals surface area contributed by atoms with Gasteiger partial charge in [0, 0.05) is 106 Å². The number of piperazine rings is 2. The molecule has 6 rings (SSSR count). The minimum atomic E-state index is -6.07. The molecule has 0 aromatic heterocycles. The van der Waals surface area contributed by atoms with Crippen LogP contribution in [0.25, 0.3) is 0 Å². The number of anilines is 2. The molecule has 2 aliphatic heterocycles. The molecule has 2 fully saturated rings. The number of nitrogens with zero attached hydrogens (tertiary/aromatic N) is 4. The van der Waals surface area contributed by atoms with Gasteiger partial charge in [-0.1, -0.05) is 49.8 Å². The largest absolute Gasteiger partial charge is 0.501 e. The molecule has 19 heteroatoms. The molecule has 0 spiro atoms. The number of sulfone groups is 1. The van der Waals surface area contributed by atoms with Gasteiger partial charge in [-0.25, -0.2) is 30.3 Å². The van der Waals surface area contributed by atoms with E-state index in [1.165, 1.54) is 29.5 Å². The van der Waals surface area contributed by atoms with E-state index in [0.29, 0.717) is 43.9 Å². The molecular formula is C49H65F5N6O5S3. The molecule has 0 unspecified atom stereocenters. The predicted molar refractivity (Wildman–Crippen MR) is 261 cm³/mol. The Morgan fingerprint density at radius 2 is 1.50 bits per heavy atom. The maximum atomic E-state index is 14.3. The lowest BCUT2D eigenvalue weighted by Gasteiger charge is -2.39.